The number of allylic oxidation sites excluding steroid dienone is 3. The van der Waals surface area contributed by atoms with Gasteiger partial charge in [0.25, 0.3) is 0 Å². The van der Waals surface area contributed by atoms with E-state index < -0.39 is 41.9 Å². The van der Waals surface area contributed by atoms with Gasteiger partial charge in [0.15, 0.2) is 0 Å². The van der Waals surface area contributed by atoms with E-state index in [-0.39, 0.29) is 42.4 Å². The van der Waals surface area contributed by atoms with E-state index in [1.54, 1.807) is 13.8 Å². The van der Waals surface area contributed by atoms with Crippen molar-refractivity contribution in [1.82, 2.24) is 0 Å². The molecule has 2 aliphatic rings. The Labute approximate surface area is 235 Å². The first kappa shape index (κ1) is 33.7. The van der Waals surface area contributed by atoms with Crippen LogP contribution in [0.3, 0.4) is 0 Å². The van der Waals surface area contributed by atoms with Crippen LogP contribution in [0.2, 0.25) is 0 Å². The summed E-state index contributed by atoms with van der Waals surface area (Å²) < 4.78 is 0. The van der Waals surface area contributed by atoms with Crippen molar-refractivity contribution in [3.05, 3.63) is 34.9 Å². The molecule has 0 aromatic heterocycles. The zero-order valence-electron chi connectivity index (χ0n) is 25.2. The lowest BCUT2D eigenvalue weighted by molar-refractivity contribution is -0.132. The molecule has 6 N–H and O–H groups in total. The fraction of sp³-hybridized carbons (Fsp3) is 0.781. The Hall–Kier alpha value is -1.51. The third-order valence-corrected chi connectivity index (χ3v) is 9.64. The van der Waals surface area contributed by atoms with Crippen molar-refractivity contribution in [1.29, 1.82) is 0 Å². The Morgan fingerprint density at radius 3 is 2.26 bits per heavy atom. The maximum Gasteiger partial charge on any atom is 0.330 e. The summed E-state index contributed by atoms with van der Waals surface area (Å²) in [4.78, 5) is 11.8. The van der Waals surface area contributed by atoms with Crippen molar-refractivity contribution < 1.29 is 35.4 Å². The van der Waals surface area contributed by atoms with Gasteiger partial charge in [-0.1, -0.05) is 64.0 Å². The van der Waals surface area contributed by atoms with Gasteiger partial charge in [-0.25, -0.2) is 4.79 Å². The van der Waals surface area contributed by atoms with E-state index in [1.165, 1.54) is 0 Å². The van der Waals surface area contributed by atoms with Crippen molar-refractivity contribution in [2.45, 2.75) is 118 Å². The number of carbonyl (C=O) groups is 1. The molecule has 0 aromatic carbocycles. The van der Waals surface area contributed by atoms with Gasteiger partial charge < -0.3 is 30.6 Å². The molecule has 0 amide bonds. The fourth-order valence-corrected chi connectivity index (χ4v) is 7.33. The number of carboxylic acids is 1. The molecule has 0 radical (unpaired) electrons. The minimum atomic E-state index is -0.949. The molecule has 0 unspecified atom stereocenters. The van der Waals surface area contributed by atoms with Crippen LogP contribution in [-0.2, 0) is 4.79 Å². The summed E-state index contributed by atoms with van der Waals surface area (Å²) in [6.07, 6.45) is 4.42. The number of aliphatic hydroxyl groups is 5. The molecule has 39 heavy (non-hydrogen) atoms. The molecule has 7 heteroatoms. The smallest absolute Gasteiger partial charge is 0.330 e. The predicted molar refractivity (Wildman–Crippen MR) is 154 cm³/mol. The van der Waals surface area contributed by atoms with Crippen LogP contribution in [0.4, 0.5) is 0 Å². The molecule has 0 aromatic rings. The maximum atomic E-state index is 11.8. The molecular formula is C32H54O7. The van der Waals surface area contributed by atoms with Gasteiger partial charge in [0, 0.05) is 22.8 Å². The number of aliphatic hydroxyl groups excluding tert-OH is 5. The second kappa shape index (κ2) is 13.9. The van der Waals surface area contributed by atoms with E-state index in [0.29, 0.717) is 17.9 Å². The summed E-state index contributed by atoms with van der Waals surface area (Å²) in [5, 5.41) is 62.5. The molecular weight excluding hydrogens is 496 g/mol. The number of rotatable bonds is 12. The van der Waals surface area contributed by atoms with Crippen molar-refractivity contribution in [2.75, 3.05) is 0 Å². The zero-order valence-corrected chi connectivity index (χ0v) is 25.2. The molecule has 0 bridgehead atoms. The van der Waals surface area contributed by atoms with E-state index in [2.05, 4.69) is 19.9 Å². The minimum absolute atomic E-state index is 0.00141. The van der Waals surface area contributed by atoms with Crippen LogP contribution in [0.15, 0.2) is 34.9 Å². The van der Waals surface area contributed by atoms with Gasteiger partial charge in [0.1, 0.15) is 0 Å². The van der Waals surface area contributed by atoms with Crippen LogP contribution in [0, 0.1) is 40.9 Å². The summed E-state index contributed by atoms with van der Waals surface area (Å²) in [5.74, 6) is -1.11. The first-order valence-corrected chi connectivity index (χ1v) is 14.7. The molecule has 0 saturated heterocycles. The maximum absolute atomic E-state index is 11.8. The average molecular weight is 551 g/mol. The van der Waals surface area contributed by atoms with Gasteiger partial charge >= 0.3 is 5.97 Å². The molecule has 0 heterocycles. The lowest BCUT2D eigenvalue weighted by Gasteiger charge is -2.55. The minimum Gasteiger partial charge on any atom is -0.478 e. The van der Waals surface area contributed by atoms with E-state index in [4.69, 9.17) is 0 Å². The molecule has 1 saturated carbocycles. The van der Waals surface area contributed by atoms with Crippen molar-refractivity contribution in [2.24, 2.45) is 40.9 Å². The third kappa shape index (κ3) is 8.04. The zero-order chi connectivity index (χ0) is 29.8. The highest BCUT2D eigenvalue weighted by molar-refractivity contribution is 5.85. The van der Waals surface area contributed by atoms with Crippen LogP contribution in [0.25, 0.3) is 0 Å². The Morgan fingerprint density at radius 2 is 1.69 bits per heavy atom. The molecule has 0 spiro atoms. The highest BCUT2D eigenvalue weighted by Crippen LogP contribution is 2.57. The molecule has 224 valence electrons. The van der Waals surface area contributed by atoms with Gasteiger partial charge in [0.2, 0.25) is 0 Å². The number of hydrogen-bond donors (Lipinski definition) is 6. The summed E-state index contributed by atoms with van der Waals surface area (Å²) in [5.41, 5.74) is 1.97. The molecule has 2 rings (SSSR count). The quantitative estimate of drug-likeness (QED) is 0.156. The first-order chi connectivity index (χ1) is 18.0. The Bertz CT molecular complexity index is 921. The van der Waals surface area contributed by atoms with Crippen molar-refractivity contribution in [3.63, 3.8) is 0 Å². The van der Waals surface area contributed by atoms with Gasteiger partial charge in [-0.05, 0) is 76.5 Å². The van der Waals surface area contributed by atoms with Crippen molar-refractivity contribution in [3.8, 4) is 0 Å². The molecule has 2 aliphatic carbocycles. The molecule has 1 fully saturated rings. The van der Waals surface area contributed by atoms with E-state index in [0.717, 1.165) is 24.0 Å². The van der Waals surface area contributed by atoms with E-state index >= 15 is 0 Å². The number of carboxylic acid groups (broad SMARTS) is 1. The predicted octanol–water partition coefficient (Wildman–Crippen LogP) is 4.48. The number of hydrogen-bond acceptors (Lipinski definition) is 6. The average Bonchev–Trinajstić information content (AvgIpc) is 2.83. The van der Waals surface area contributed by atoms with Gasteiger partial charge in [-0.15, -0.1) is 0 Å². The highest BCUT2D eigenvalue weighted by Gasteiger charge is 2.52. The monoisotopic (exact) mass is 550 g/mol. The normalized spacial score (nSPS) is 34.1. The van der Waals surface area contributed by atoms with Crippen molar-refractivity contribution >= 4 is 5.97 Å². The second-order valence-corrected chi connectivity index (χ2v) is 13.2. The van der Waals surface area contributed by atoms with Crippen LogP contribution in [0.5, 0.6) is 0 Å². The standard InChI is InChI=1S/C32H54O7/c1-17(2)30(37)22(7)26(35)15-24(34)14-23(33)11-9-18(3)28-21(6)16-32(8)27(36)12-10-19(4)29(32)25(28)13-20(5)31(38)39/h9,13,16-17,19,22-30,33-37H,10-12,14-15H2,1-8H3,(H,38,39)/b18-9+,20-13+/t19-,22-,23-,24+,25-,26+,27+,28+,29+,30-,32+/m0/s1. The molecule has 11 atom stereocenters. The summed E-state index contributed by atoms with van der Waals surface area (Å²) in [6.45, 7) is 15.5. The lowest BCUT2D eigenvalue weighted by Crippen LogP contribution is -2.52. The van der Waals surface area contributed by atoms with Gasteiger partial charge in [0.05, 0.1) is 30.5 Å². The number of aliphatic carboxylic acids is 1. The lowest BCUT2D eigenvalue weighted by atomic mass is 9.50. The van der Waals surface area contributed by atoms with E-state index in [9.17, 15) is 35.4 Å². The Balaban J connectivity index is 2.22. The Kier molecular flexibility index (Phi) is 12.0. The topological polar surface area (TPSA) is 138 Å². The number of fused-ring (bicyclic) bond motifs is 1. The third-order valence-electron chi connectivity index (χ3n) is 9.64. The van der Waals surface area contributed by atoms with Gasteiger partial charge in [-0.2, -0.15) is 0 Å². The summed E-state index contributed by atoms with van der Waals surface area (Å²) >= 11 is 0. The van der Waals surface area contributed by atoms with Crippen LogP contribution in [-0.4, -0.2) is 67.1 Å². The first-order valence-electron chi connectivity index (χ1n) is 14.7. The summed E-state index contributed by atoms with van der Waals surface area (Å²) in [7, 11) is 0. The van der Waals surface area contributed by atoms with Gasteiger partial charge in [-0.3, -0.25) is 0 Å². The molecule has 7 nitrogen and oxygen atoms in total. The van der Waals surface area contributed by atoms with E-state index in [1.807, 2.05) is 39.8 Å². The van der Waals surface area contributed by atoms with Crippen LogP contribution < -0.4 is 0 Å². The fourth-order valence-electron chi connectivity index (χ4n) is 7.33. The van der Waals surface area contributed by atoms with Crippen LogP contribution in [0.1, 0.15) is 87.5 Å². The second-order valence-electron chi connectivity index (χ2n) is 13.2. The summed E-state index contributed by atoms with van der Waals surface area (Å²) in [6, 6.07) is 0. The highest BCUT2D eigenvalue weighted by atomic mass is 16.4. The van der Waals surface area contributed by atoms with Crippen LogP contribution >= 0.6 is 0 Å². The largest absolute Gasteiger partial charge is 0.478 e. The Morgan fingerprint density at radius 1 is 1.08 bits per heavy atom. The SMILES string of the molecule is CC1=C[C@@]2(C)[C@@H]([C@@H](/C=C(\C)C(=O)O)[C@@H]1/C(C)=C/C[C@H](O)C[C@@H](O)C[C@@H](O)[C@H](C)[C@@H](O)C(C)C)[C@@H](C)CC[C@H]2O. The molecule has 0 aliphatic heterocycles.